The number of amides is 1. The third kappa shape index (κ3) is 7.48. The topological polar surface area (TPSA) is 115 Å². The van der Waals surface area contributed by atoms with E-state index in [0.717, 1.165) is 36.4 Å². The second-order valence-electron chi connectivity index (χ2n) is 12.0. The molecule has 2 heterocycles. The van der Waals surface area contributed by atoms with Crippen molar-refractivity contribution in [1.82, 2.24) is 9.88 Å². The maximum Gasteiger partial charge on any atom is 0.409 e. The molecule has 0 saturated carbocycles. The summed E-state index contributed by atoms with van der Waals surface area (Å²) in [7, 11) is -1.33. The van der Waals surface area contributed by atoms with Gasteiger partial charge in [0.25, 0.3) is 11.2 Å². The van der Waals surface area contributed by atoms with Crippen LogP contribution in [-0.4, -0.2) is 54.8 Å². The molecule has 2 aromatic carbocycles. The number of nitrogens with one attached hydrogen (secondary N) is 1. The molecule has 9 nitrogen and oxygen atoms in total. The number of piperidine rings is 1. The smallest absolute Gasteiger partial charge is 0.409 e. The van der Waals surface area contributed by atoms with E-state index >= 15 is 0 Å². The van der Waals surface area contributed by atoms with Crippen molar-refractivity contribution >= 4 is 42.4 Å². The normalized spacial score (nSPS) is 15.7. The molecule has 1 N–H and O–H groups in total. The van der Waals surface area contributed by atoms with Gasteiger partial charge in [-0.1, -0.05) is 60.6 Å². The molecular weight excluding hydrogens is 562 g/mol. The maximum absolute atomic E-state index is 13.4. The monoisotopic (exact) mass is 599 g/mol. The van der Waals surface area contributed by atoms with Gasteiger partial charge >= 0.3 is 6.09 Å². The van der Waals surface area contributed by atoms with E-state index in [1.165, 1.54) is 12.1 Å². The number of aromatic amines is 1. The van der Waals surface area contributed by atoms with Crippen LogP contribution in [0.5, 0.6) is 5.75 Å². The average molecular weight is 600 g/mol. The molecule has 1 aromatic heterocycles. The van der Waals surface area contributed by atoms with E-state index in [4.69, 9.17) is 21.1 Å². The number of hydrogen-bond acceptors (Lipinski definition) is 6. The van der Waals surface area contributed by atoms with Crippen molar-refractivity contribution < 1.29 is 19.2 Å². The molecular formula is C30H38ClN3O6Si. The van der Waals surface area contributed by atoms with Gasteiger partial charge < -0.3 is 19.4 Å². The molecule has 1 aliphatic rings. The van der Waals surface area contributed by atoms with Crippen LogP contribution in [0.25, 0.3) is 22.0 Å². The van der Waals surface area contributed by atoms with E-state index in [1.54, 1.807) is 4.90 Å². The number of nitro groups is 1. The van der Waals surface area contributed by atoms with Crippen LogP contribution in [0.15, 0.2) is 35.1 Å². The van der Waals surface area contributed by atoms with Gasteiger partial charge in [-0.3, -0.25) is 14.9 Å². The molecule has 0 aliphatic carbocycles. The lowest BCUT2D eigenvalue weighted by Crippen LogP contribution is -2.45. The molecule has 1 unspecified atom stereocenters. The van der Waals surface area contributed by atoms with Crippen LogP contribution in [0, 0.1) is 24.0 Å². The number of H-pyrrole nitrogens is 1. The molecule has 1 amide bonds. The van der Waals surface area contributed by atoms with Gasteiger partial charge in [-0.15, -0.1) is 0 Å². The van der Waals surface area contributed by atoms with Gasteiger partial charge in [-0.2, -0.15) is 0 Å². The number of nitrogens with zero attached hydrogens (tertiary/aromatic N) is 2. The van der Waals surface area contributed by atoms with E-state index in [0.29, 0.717) is 41.6 Å². The Morgan fingerprint density at radius 2 is 1.83 bits per heavy atom. The van der Waals surface area contributed by atoms with Crippen molar-refractivity contribution in [3.8, 4) is 16.9 Å². The lowest BCUT2D eigenvalue weighted by Gasteiger charge is -2.35. The standard InChI is InChI=1S/C30H38ClN3O6Si/c1-19-14-20(2)16-21(15-19)27-28(23-17-26(34(37)38)24(31)18-25(23)32-29(27)35)39-11-9-22-8-6-7-10-33(22)30(36)40-12-13-41(3,4)5/h14-18,22H,6-13H2,1-5H3,(H,32,35). The predicted molar refractivity (Wildman–Crippen MR) is 165 cm³/mol. The number of nitro benzene ring substituents is 1. The van der Waals surface area contributed by atoms with E-state index in [9.17, 15) is 19.7 Å². The second kappa shape index (κ2) is 12.6. The zero-order valence-electron chi connectivity index (χ0n) is 24.3. The van der Waals surface area contributed by atoms with Gasteiger partial charge in [0.2, 0.25) is 0 Å². The largest absolute Gasteiger partial charge is 0.492 e. The zero-order chi connectivity index (χ0) is 29.9. The Kier molecular flexibility index (Phi) is 9.43. The zero-order valence-corrected chi connectivity index (χ0v) is 26.1. The van der Waals surface area contributed by atoms with Crippen LogP contribution >= 0.6 is 11.6 Å². The van der Waals surface area contributed by atoms with Crippen LogP contribution in [0.2, 0.25) is 30.7 Å². The van der Waals surface area contributed by atoms with Crippen LogP contribution in [0.4, 0.5) is 10.5 Å². The predicted octanol–water partition coefficient (Wildman–Crippen LogP) is 7.47. The van der Waals surface area contributed by atoms with Gasteiger partial charge in [0.05, 0.1) is 29.2 Å². The van der Waals surface area contributed by atoms with Crippen molar-refractivity contribution in [2.24, 2.45) is 0 Å². The van der Waals surface area contributed by atoms with Gasteiger partial charge in [0, 0.05) is 38.5 Å². The maximum atomic E-state index is 13.4. The van der Waals surface area contributed by atoms with E-state index in [2.05, 4.69) is 24.6 Å². The van der Waals surface area contributed by atoms with Gasteiger partial charge in [0.1, 0.15) is 10.8 Å². The summed E-state index contributed by atoms with van der Waals surface area (Å²) in [5.41, 5.74) is 2.58. The van der Waals surface area contributed by atoms with E-state index in [-0.39, 0.29) is 40.8 Å². The minimum atomic E-state index is -1.33. The van der Waals surface area contributed by atoms with Crippen molar-refractivity contribution in [2.75, 3.05) is 19.8 Å². The van der Waals surface area contributed by atoms with Crippen LogP contribution < -0.4 is 10.3 Å². The first-order valence-electron chi connectivity index (χ1n) is 14.0. The van der Waals surface area contributed by atoms with E-state index in [1.807, 2.05) is 32.0 Å². The molecule has 3 aromatic rings. The Balaban J connectivity index is 1.65. The lowest BCUT2D eigenvalue weighted by atomic mass is 9.98. The van der Waals surface area contributed by atoms with Crippen LogP contribution in [0.3, 0.4) is 0 Å². The highest BCUT2D eigenvalue weighted by Gasteiger charge is 2.29. The fourth-order valence-electron chi connectivity index (χ4n) is 5.31. The summed E-state index contributed by atoms with van der Waals surface area (Å²) in [6.45, 7) is 11.9. The number of carbonyl (C=O) groups excluding carboxylic acids is 1. The molecule has 11 heteroatoms. The second-order valence-corrected chi connectivity index (χ2v) is 18.1. The highest BCUT2D eigenvalue weighted by atomic mass is 35.5. The molecule has 1 aliphatic heterocycles. The Morgan fingerprint density at radius 3 is 2.49 bits per heavy atom. The molecule has 41 heavy (non-hydrogen) atoms. The fourth-order valence-corrected chi connectivity index (χ4v) is 6.26. The Bertz CT molecular complexity index is 1500. The molecule has 1 atom stereocenters. The first-order chi connectivity index (χ1) is 19.3. The van der Waals surface area contributed by atoms with Gasteiger partial charge in [0.15, 0.2) is 0 Å². The van der Waals surface area contributed by atoms with E-state index < -0.39 is 13.0 Å². The highest BCUT2D eigenvalue weighted by Crippen LogP contribution is 2.38. The minimum absolute atomic E-state index is 0.0650. The number of halogens is 1. The number of carbonyl (C=O) groups is 1. The number of pyridine rings is 1. The van der Waals surface area contributed by atoms with Crippen molar-refractivity contribution in [3.05, 3.63) is 66.9 Å². The number of rotatable bonds is 9. The third-order valence-electron chi connectivity index (χ3n) is 7.38. The summed E-state index contributed by atoms with van der Waals surface area (Å²) in [6.07, 6.45) is 2.97. The van der Waals surface area contributed by atoms with Crippen molar-refractivity contribution in [2.45, 2.75) is 71.3 Å². The Morgan fingerprint density at radius 1 is 1.12 bits per heavy atom. The quantitative estimate of drug-likeness (QED) is 0.155. The number of likely N-dealkylation sites (tertiary alicyclic amines) is 1. The highest BCUT2D eigenvalue weighted by molar-refractivity contribution is 6.76. The van der Waals surface area contributed by atoms with Gasteiger partial charge in [-0.25, -0.2) is 4.79 Å². The molecule has 0 bridgehead atoms. The molecule has 1 fully saturated rings. The summed E-state index contributed by atoms with van der Waals surface area (Å²) in [6, 6.07) is 9.35. The lowest BCUT2D eigenvalue weighted by molar-refractivity contribution is -0.384. The number of fused-ring (bicyclic) bond motifs is 1. The van der Waals surface area contributed by atoms with Crippen LogP contribution in [0.1, 0.15) is 36.8 Å². The Labute approximate surface area is 246 Å². The van der Waals surface area contributed by atoms with Crippen molar-refractivity contribution in [1.29, 1.82) is 0 Å². The molecule has 4 rings (SSSR count). The first kappa shape index (κ1) is 30.6. The number of aryl methyl sites for hydroxylation is 2. The third-order valence-corrected chi connectivity index (χ3v) is 9.38. The SMILES string of the molecule is Cc1cc(C)cc(-c2c(OCCC3CCCCN3C(=O)OCC[Si](C)(C)C)c3cc([N+](=O)[O-])c(Cl)cc3[nH]c2=O)c1. The molecule has 0 radical (unpaired) electrons. The van der Waals surface area contributed by atoms with Crippen molar-refractivity contribution in [3.63, 3.8) is 0 Å². The first-order valence-corrected chi connectivity index (χ1v) is 18.1. The Hall–Kier alpha value is -3.37. The number of aromatic nitrogens is 1. The summed E-state index contributed by atoms with van der Waals surface area (Å²) in [5.74, 6) is 0.258. The molecule has 0 spiro atoms. The summed E-state index contributed by atoms with van der Waals surface area (Å²) >= 11 is 6.16. The molecule has 220 valence electrons. The number of ether oxygens (including phenoxy) is 2. The minimum Gasteiger partial charge on any atom is -0.492 e. The molecule has 1 saturated heterocycles. The van der Waals surface area contributed by atoms with Gasteiger partial charge in [-0.05, 0) is 50.8 Å². The average Bonchev–Trinajstić information content (AvgIpc) is 2.86. The fraction of sp³-hybridized carbons (Fsp3) is 0.467. The summed E-state index contributed by atoms with van der Waals surface area (Å²) in [5, 5.41) is 12.0. The summed E-state index contributed by atoms with van der Waals surface area (Å²) in [4.78, 5) is 42.1. The number of benzene rings is 2. The number of hydrogen-bond donors (Lipinski definition) is 1. The van der Waals surface area contributed by atoms with Crippen LogP contribution in [-0.2, 0) is 4.74 Å². The summed E-state index contributed by atoms with van der Waals surface area (Å²) < 4.78 is 12.0.